The number of rotatable bonds is 6. The van der Waals surface area contributed by atoms with Crippen molar-refractivity contribution >= 4 is 11.8 Å². The van der Waals surface area contributed by atoms with Gasteiger partial charge < -0.3 is 15.8 Å². The van der Waals surface area contributed by atoms with Gasteiger partial charge in [-0.25, -0.2) is 0 Å². The second-order valence-corrected chi connectivity index (χ2v) is 4.82. The van der Waals surface area contributed by atoms with E-state index in [0.29, 0.717) is 17.9 Å². The van der Waals surface area contributed by atoms with Gasteiger partial charge in [0.1, 0.15) is 12.4 Å². The summed E-state index contributed by atoms with van der Waals surface area (Å²) in [6.07, 6.45) is 0.133. The average molecular weight is 298 g/mol. The molecule has 0 radical (unpaired) electrons. The number of hydrogen-bond acceptors (Lipinski definition) is 3. The smallest absolute Gasteiger partial charge is 0.251 e. The minimum absolute atomic E-state index is 0.133. The van der Waals surface area contributed by atoms with Crippen LogP contribution in [0.3, 0.4) is 0 Å². The molecule has 0 unspecified atom stereocenters. The number of nitrogens with two attached hydrogens (primary N) is 1. The molecule has 5 heteroatoms. The van der Waals surface area contributed by atoms with Crippen molar-refractivity contribution in [2.45, 2.75) is 13.0 Å². The number of primary amides is 1. The van der Waals surface area contributed by atoms with E-state index in [9.17, 15) is 9.59 Å². The van der Waals surface area contributed by atoms with Crippen LogP contribution >= 0.6 is 0 Å². The van der Waals surface area contributed by atoms with Gasteiger partial charge in [-0.2, -0.15) is 0 Å². The Kier molecular flexibility index (Phi) is 5.14. The molecule has 114 valence electrons. The zero-order chi connectivity index (χ0) is 15.9. The number of benzene rings is 2. The molecule has 0 spiro atoms. The lowest BCUT2D eigenvalue weighted by Gasteiger charge is -2.11. The summed E-state index contributed by atoms with van der Waals surface area (Å²) in [4.78, 5) is 22.7. The summed E-state index contributed by atoms with van der Waals surface area (Å²) in [5.41, 5.74) is 7.43. The molecule has 0 fully saturated rings. The minimum Gasteiger partial charge on any atom is -0.489 e. The second-order valence-electron chi connectivity index (χ2n) is 4.82. The molecule has 0 aliphatic rings. The minimum atomic E-state index is -0.405. The molecule has 0 atom stereocenters. The molecule has 2 amide bonds. The van der Waals surface area contributed by atoms with E-state index in [1.807, 2.05) is 18.2 Å². The number of hydrogen-bond donors (Lipinski definition) is 2. The van der Waals surface area contributed by atoms with Crippen LogP contribution in [0.1, 0.15) is 21.5 Å². The van der Waals surface area contributed by atoms with Crippen LogP contribution in [0.25, 0.3) is 0 Å². The van der Waals surface area contributed by atoms with Crippen molar-refractivity contribution in [2.24, 2.45) is 5.73 Å². The largest absolute Gasteiger partial charge is 0.489 e. The third-order valence-corrected chi connectivity index (χ3v) is 3.15. The molecule has 2 aromatic rings. The zero-order valence-electron chi connectivity index (χ0n) is 12.3. The van der Waals surface area contributed by atoms with Crippen molar-refractivity contribution in [3.8, 4) is 5.75 Å². The Morgan fingerprint density at radius 1 is 1.14 bits per heavy atom. The Balaban J connectivity index is 2.10. The van der Waals surface area contributed by atoms with E-state index in [2.05, 4.69) is 5.32 Å². The van der Waals surface area contributed by atoms with Crippen molar-refractivity contribution in [3.63, 3.8) is 0 Å². The lowest BCUT2D eigenvalue weighted by Crippen LogP contribution is -2.18. The van der Waals surface area contributed by atoms with Gasteiger partial charge in [-0.15, -0.1) is 0 Å². The predicted molar refractivity (Wildman–Crippen MR) is 83.5 cm³/mol. The predicted octanol–water partition coefficient (Wildman–Crippen LogP) is 1.65. The van der Waals surface area contributed by atoms with Crippen molar-refractivity contribution in [1.29, 1.82) is 0 Å². The van der Waals surface area contributed by atoms with Gasteiger partial charge in [0.25, 0.3) is 5.91 Å². The molecule has 5 nitrogen and oxygen atoms in total. The maximum atomic E-state index is 11.6. The SMILES string of the molecule is CNC(=O)c1cccc(COc2ccccc2CC(N)=O)c1. The first-order chi connectivity index (χ1) is 10.6. The third kappa shape index (κ3) is 4.09. The summed E-state index contributed by atoms with van der Waals surface area (Å²) >= 11 is 0. The number of carbonyl (C=O) groups excluding carboxylic acids is 2. The fourth-order valence-electron chi connectivity index (χ4n) is 2.09. The van der Waals surface area contributed by atoms with Gasteiger partial charge in [-0.05, 0) is 23.8 Å². The molecule has 0 aliphatic carbocycles. The van der Waals surface area contributed by atoms with Crippen molar-refractivity contribution in [3.05, 3.63) is 65.2 Å². The summed E-state index contributed by atoms with van der Waals surface area (Å²) in [5.74, 6) is 0.0697. The maximum Gasteiger partial charge on any atom is 0.251 e. The van der Waals surface area contributed by atoms with Crippen LogP contribution in [0, 0.1) is 0 Å². The first-order valence-corrected chi connectivity index (χ1v) is 6.90. The molecule has 0 saturated heterocycles. The number of carbonyl (C=O) groups is 2. The van der Waals surface area contributed by atoms with Crippen molar-refractivity contribution < 1.29 is 14.3 Å². The molecule has 0 aliphatic heterocycles. The number of nitrogens with one attached hydrogen (secondary N) is 1. The fraction of sp³-hybridized carbons (Fsp3) is 0.176. The fourth-order valence-corrected chi connectivity index (χ4v) is 2.09. The summed E-state index contributed by atoms with van der Waals surface area (Å²) in [6, 6.07) is 14.5. The molecule has 0 aromatic heterocycles. The van der Waals surface area contributed by atoms with Crippen LogP contribution in [-0.4, -0.2) is 18.9 Å². The third-order valence-electron chi connectivity index (χ3n) is 3.15. The van der Waals surface area contributed by atoms with Gasteiger partial charge in [-0.3, -0.25) is 9.59 Å². The Hall–Kier alpha value is -2.82. The molecule has 3 N–H and O–H groups in total. The molecule has 0 bridgehead atoms. The van der Waals surface area contributed by atoms with Gasteiger partial charge in [0, 0.05) is 18.2 Å². The summed E-state index contributed by atoms with van der Waals surface area (Å²) < 4.78 is 5.75. The van der Waals surface area contributed by atoms with Crippen LogP contribution in [0.2, 0.25) is 0 Å². The van der Waals surface area contributed by atoms with Crippen LogP contribution in [0.15, 0.2) is 48.5 Å². The Morgan fingerprint density at radius 3 is 2.64 bits per heavy atom. The van der Waals surface area contributed by atoms with Crippen molar-refractivity contribution in [2.75, 3.05) is 7.05 Å². The Bertz CT molecular complexity index is 683. The van der Waals surface area contributed by atoms with Crippen LogP contribution in [-0.2, 0) is 17.8 Å². The topological polar surface area (TPSA) is 81.4 Å². The van der Waals surface area contributed by atoms with Crippen LogP contribution in [0.5, 0.6) is 5.75 Å². The van der Waals surface area contributed by atoms with E-state index < -0.39 is 5.91 Å². The van der Waals surface area contributed by atoms with Gasteiger partial charge in [-0.1, -0.05) is 30.3 Å². The highest BCUT2D eigenvalue weighted by molar-refractivity contribution is 5.94. The van der Waals surface area contributed by atoms with E-state index >= 15 is 0 Å². The van der Waals surface area contributed by atoms with E-state index in [1.165, 1.54) is 0 Å². The normalized spacial score (nSPS) is 10.0. The highest BCUT2D eigenvalue weighted by atomic mass is 16.5. The monoisotopic (exact) mass is 298 g/mol. The molecule has 2 aromatic carbocycles. The maximum absolute atomic E-state index is 11.6. The van der Waals surface area contributed by atoms with Gasteiger partial charge in [0.2, 0.25) is 5.91 Å². The summed E-state index contributed by atoms with van der Waals surface area (Å²) in [7, 11) is 1.59. The summed E-state index contributed by atoms with van der Waals surface area (Å²) in [5, 5.41) is 2.58. The molecular weight excluding hydrogens is 280 g/mol. The van der Waals surface area contributed by atoms with Gasteiger partial charge in [0.15, 0.2) is 0 Å². The second kappa shape index (κ2) is 7.26. The number of amides is 2. The standard InChI is InChI=1S/C17H18N2O3/c1-19-17(21)14-7-4-5-12(9-14)11-22-15-8-3-2-6-13(15)10-16(18)20/h2-9H,10-11H2,1H3,(H2,18,20)(H,19,21). The molecule has 2 rings (SSSR count). The van der Waals surface area contributed by atoms with Crippen molar-refractivity contribution in [1.82, 2.24) is 5.32 Å². The lowest BCUT2D eigenvalue weighted by molar-refractivity contribution is -0.117. The highest BCUT2D eigenvalue weighted by Crippen LogP contribution is 2.20. The lowest BCUT2D eigenvalue weighted by atomic mass is 10.1. The molecule has 0 heterocycles. The Morgan fingerprint density at radius 2 is 1.91 bits per heavy atom. The van der Waals surface area contributed by atoms with Crippen LogP contribution in [0.4, 0.5) is 0 Å². The molecular formula is C17H18N2O3. The average Bonchev–Trinajstić information content (AvgIpc) is 2.53. The van der Waals surface area contributed by atoms with E-state index in [4.69, 9.17) is 10.5 Å². The summed E-state index contributed by atoms with van der Waals surface area (Å²) in [6.45, 7) is 0.306. The first-order valence-electron chi connectivity index (χ1n) is 6.90. The highest BCUT2D eigenvalue weighted by Gasteiger charge is 2.08. The molecule has 22 heavy (non-hydrogen) atoms. The van der Waals surface area contributed by atoms with Gasteiger partial charge >= 0.3 is 0 Å². The Labute approximate surface area is 129 Å². The first kappa shape index (κ1) is 15.6. The van der Waals surface area contributed by atoms with Gasteiger partial charge in [0.05, 0.1) is 6.42 Å². The number of ether oxygens (including phenoxy) is 1. The van der Waals surface area contributed by atoms with E-state index in [0.717, 1.165) is 11.1 Å². The van der Waals surface area contributed by atoms with E-state index in [-0.39, 0.29) is 12.3 Å². The van der Waals surface area contributed by atoms with E-state index in [1.54, 1.807) is 37.4 Å². The van der Waals surface area contributed by atoms with Crippen LogP contribution < -0.4 is 15.8 Å². The quantitative estimate of drug-likeness (QED) is 0.851. The number of para-hydroxylation sites is 1. The zero-order valence-corrected chi connectivity index (χ0v) is 12.3. The molecule has 0 saturated carbocycles.